The second-order valence-electron chi connectivity index (χ2n) is 4.41. The highest BCUT2D eigenvalue weighted by Gasteiger charge is 2.29. The smallest absolute Gasteiger partial charge is 0.171 e. The van der Waals surface area contributed by atoms with E-state index in [0.717, 1.165) is 11.1 Å². The Labute approximate surface area is 108 Å². The molecule has 2 aromatic rings. The summed E-state index contributed by atoms with van der Waals surface area (Å²) in [5, 5.41) is -0.582. The van der Waals surface area contributed by atoms with Crippen LogP contribution in [0.15, 0.2) is 48.5 Å². The molecule has 4 N–H and O–H groups in total. The first-order valence-electron chi connectivity index (χ1n) is 5.63. The second-order valence-corrected chi connectivity index (χ2v) is 5.48. The van der Waals surface area contributed by atoms with Gasteiger partial charge in [-0.25, -0.2) is 0 Å². The molecule has 2 rings (SSSR count). The van der Waals surface area contributed by atoms with E-state index in [1.54, 1.807) is 0 Å². The number of anilines is 2. The van der Waals surface area contributed by atoms with Crippen molar-refractivity contribution in [2.75, 3.05) is 11.5 Å². The van der Waals surface area contributed by atoms with Crippen LogP contribution in [0.25, 0.3) is 0 Å². The third-order valence-electron chi connectivity index (χ3n) is 3.13. The summed E-state index contributed by atoms with van der Waals surface area (Å²) in [6.07, 6.45) is 0. The molecule has 0 saturated carbocycles. The molecule has 0 saturated heterocycles. The van der Waals surface area contributed by atoms with Crippen LogP contribution in [0.3, 0.4) is 0 Å². The van der Waals surface area contributed by atoms with Crippen LogP contribution >= 0.6 is 8.46 Å². The Kier molecular flexibility index (Phi) is 3.35. The van der Waals surface area contributed by atoms with Crippen LogP contribution in [0.5, 0.6) is 0 Å². The molecule has 4 heteroatoms. The van der Waals surface area contributed by atoms with Crippen LogP contribution in [0.2, 0.25) is 0 Å². The molecule has 0 atom stereocenters. The topological polar surface area (TPSA) is 69.1 Å². The summed E-state index contributed by atoms with van der Waals surface area (Å²) >= 11 is 0. The van der Waals surface area contributed by atoms with E-state index in [4.69, 9.17) is 11.5 Å². The lowest BCUT2D eigenvalue weighted by Gasteiger charge is -2.23. The van der Waals surface area contributed by atoms with E-state index in [-0.39, 0.29) is 8.46 Å². The lowest BCUT2D eigenvalue weighted by molar-refractivity contribution is 0.582. The average Bonchev–Trinajstić information content (AvgIpc) is 2.39. The predicted molar refractivity (Wildman–Crippen MR) is 75.8 cm³/mol. The van der Waals surface area contributed by atoms with Crippen LogP contribution in [0, 0.1) is 0 Å². The molecule has 0 aliphatic carbocycles. The van der Waals surface area contributed by atoms with E-state index in [2.05, 4.69) is 0 Å². The fraction of sp³-hybridized carbons (Fsp3) is 0.143. The Morgan fingerprint density at radius 3 is 1.44 bits per heavy atom. The number of hydrogen-bond donors (Lipinski definition) is 2. The van der Waals surface area contributed by atoms with Crippen LogP contribution < -0.4 is 11.5 Å². The molecular formula is C14H15N2OP. The first-order valence-corrected chi connectivity index (χ1v) is 6.44. The van der Waals surface area contributed by atoms with Crippen LogP contribution in [-0.4, -0.2) is 0 Å². The maximum absolute atomic E-state index is 11.6. The lowest BCUT2D eigenvalue weighted by Crippen LogP contribution is -2.15. The van der Waals surface area contributed by atoms with Crippen molar-refractivity contribution in [3.05, 3.63) is 59.7 Å². The van der Waals surface area contributed by atoms with Gasteiger partial charge in [0.1, 0.15) is 0 Å². The number of hydrogen-bond acceptors (Lipinski definition) is 3. The van der Waals surface area contributed by atoms with Crippen LogP contribution in [0.4, 0.5) is 11.4 Å². The zero-order chi connectivity index (χ0) is 13.2. The van der Waals surface area contributed by atoms with Crippen molar-refractivity contribution in [1.29, 1.82) is 0 Å². The van der Waals surface area contributed by atoms with E-state index in [0.29, 0.717) is 11.4 Å². The molecule has 0 spiro atoms. The SMILES string of the molecule is CC(P=O)(c1ccc(N)cc1)c1ccc(N)cc1. The molecule has 0 bridgehead atoms. The highest BCUT2D eigenvalue weighted by atomic mass is 31.1. The van der Waals surface area contributed by atoms with E-state index in [1.165, 1.54) is 0 Å². The van der Waals surface area contributed by atoms with Gasteiger partial charge in [0.15, 0.2) is 8.46 Å². The van der Waals surface area contributed by atoms with Crippen molar-refractivity contribution in [3.63, 3.8) is 0 Å². The summed E-state index contributed by atoms with van der Waals surface area (Å²) in [6.45, 7) is 1.93. The molecular weight excluding hydrogens is 243 g/mol. The minimum atomic E-state index is -0.582. The summed E-state index contributed by atoms with van der Waals surface area (Å²) in [5.74, 6) is 0. The highest BCUT2D eigenvalue weighted by molar-refractivity contribution is 7.25. The van der Waals surface area contributed by atoms with E-state index in [9.17, 15) is 4.57 Å². The van der Waals surface area contributed by atoms with Gasteiger partial charge in [-0.15, -0.1) is 0 Å². The maximum Gasteiger partial charge on any atom is 0.171 e. The normalized spacial score (nSPS) is 11.6. The molecule has 3 nitrogen and oxygen atoms in total. The molecule has 0 radical (unpaired) electrons. The van der Waals surface area contributed by atoms with Gasteiger partial charge in [-0.05, 0) is 42.3 Å². The minimum Gasteiger partial charge on any atom is -0.399 e. The van der Waals surface area contributed by atoms with Gasteiger partial charge in [-0.1, -0.05) is 24.3 Å². The number of nitrogens with two attached hydrogens (primary N) is 2. The largest absolute Gasteiger partial charge is 0.399 e. The van der Waals surface area contributed by atoms with E-state index >= 15 is 0 Å². The lowest BCUT2D eigenvalue weighted by atomic mass is 9.91. The molecule has 0 aromatic heterocycles. The van der Waals surface area contributed by atoms with Gasteiger partial charge in [0.2, 0.25) is 0 Å². The van der Waals surface area contributed by atoms with Crippen molar-refractivity contribution in [3.8, 4) is 0 Å². The summed E-state index contributed by atoms with van der Waals surface area (Å²) in [5.41, 5.74) is 14.6. The molecule has 2 aromatic carbocycles. The predicted octanol–water partition coefficient (Wildman–Crippen LogP) is 3.41. The molecule has 0 amide bonds. The van der Waals surface area contributed by atoms with Gasteiger partial charge < -0.3 is 11.5 Å². The third kappa shape index (κ3) is 2.22. The zero-order valence-corrected chi connectivity index (χ0v) is 11.0. The Hall–Kier alpha value is -1.86. The fourth-order valence-electron chi connectivity index (χ4n) is 1.89. The number of benzene rings is 2. The molecule has 0 aliphatic rings. The number of rotatable bonds is 3. The molecule has 0 aliphatic heterocycles. The van der Waals surface area contributed by atoms with Crippen molar-refractivity contribution in [2.24, 2.45) is 0 Å². The Morgan fingerprint density at radius 1 is 0.833 bits per heavy atom. The zero-order valence-electron chi connectivity index (χ0n) is 10.1. The molecule has 0 heterocycles. The van der Waals surface area contributed by atoms with Gasteiger partial charge in [0.25, 0.3) is 0 Å². The van der Waals surface area contributed by atoms with Gasteiger partial charge >= 0.3 is 0 Å². The summed E-state index contributed by atoms with van der Waals surface area (Å²) in [6, 6.07) is 14.9. The Balaban J connectivity index is 2.50. The quantitative estimate of drug-likeness (QED) is 0.654. The average molecular weight is 258 g/mol. The van der Waals surface area contributed by atoms with Gasteiger partial charge in [0.05, 0.1) is 5.16 Å². The van der Waals surface area contributed by atoms with Crippen molar-refractivity contribution in [1.82, 2.24) is 0 Å². The summed E-state index contributed by atoms with van der Waals surface area (Å²) in [4.78, 5) is 0. The molecule has 18 heavy (non-hydrogen) atoms. The molecule has 0 unspecified atom stereocenters. The first kappa shape index (κ1) is 12.6. The monoisotopic (exact) mass is 258 g/mol. The van der Waals surface area contributed by atoms with Crippen LogP contribution in [-0.2, 0) is 9.72 Å². The minimum absolute atomic E-state index is 0.0386. The maximum atomic E-state index is 11.6. The van der Waals surface area contributed by atoms with Gasteiger partial charge in [0, 0.05) is 11.4 Å². The van der Waals surface area contributed by atoms with Crippen LogP contribution in [0.1, 0.15) is 18.1 Å². The summed E-state index contributed by atoms with van der Waals surface area (Å²) < 4.78 is 11.6. The summed E-state index contributed by atoms with van der Waals surface area (Å²) in [7, 11) is 0.0386. The second kappa shape index (κ2) is 4.79. The molecule has 0 fully saturated rings. The number of nitrogen functional groups attached to an aromatic ring is 2. The standard InChI is InChI=1S/C14H15N2OP/c1-14(18-17,10-2-6-12(15)7-3-10)11-4-8-13(16)9-5-11/h2-9H,15-16H2,1H3. The molecule has 92 valence electrons. The van der Waals surface area contributed by atoms with E-state index < -0.39 is 5.16 Å². The van der Waals surface area contributed by atoms with Crippen molar-refractivity contribution in [2.45, 2.75) is 12.1 Å². The Morgan fingerprint density at radius 2 is 1.17 bits per heavy atom. The first-order chi connectivity index (χ1) is 8.56. The van der Waals surface area contributed by atoms with E-state index in [1.807, 2.05) is 55.5 Å². The van der Waals surface area contributed by atoms with Crippen molar-refractivity contribution < 1.29 is 4.57 Å². The van der Waals surface area contributed by atoms with Gasteiger partial charge in [-0.3, -0.25) is 4.57 Å². The van der Waals surface area contributed by atoms with Gasteiger partial charge in [-0.2, -0.15) is 0 Å². The highest BCUT2D eigenvalue weighted by Crippen LogP contribution is 2.41. The third-order valence-corrected chi connectivity index (χ3v) is 4.01. The Bertz CT molecular complexity index is 504. The van der Waals surface area contributed by atoms with Crippen molar-refractivity contribution >= 4 is 19.8 Å². The fourth-order valence-corrected chi connectivity index (χ4v) is 2.40.